The van der Waals surface area contributed by atoms with E-state index in [2.05, 4.69) is 28.1 Å². The zero-order valence-corrected chi connectivity index (χ0v) is 17.8. The van der Waals surface area contributed by atoms with E-state index in [1.165, 1.54) is 29.7 Å². The molecule has 1 atom stereocenters. The first kappa shape index (κ1) is 20.3. The third-order valence-corrected chi connectivity index (χ3v) is 6.32. The normalized spacial score (nSPS) is 20.0. The van der Waals surface area contributed by atoms with Crippen LogP contribution in [-0.2, 0) is 29.0 Å². The first-order valence-electron chi connectivity index (χ1n) is 10.3. The van der Waals surface area contributed by atoms with Gasteiger partial charge in [0.25, 0.3) is 0 Å². The van der Waals surface area contributed by atoms with Crippen LogP contribution in [-0.4, -0.2) is 60.6 Å². The maximum atomic E-state index is 12.7. The molecule has 3 heterocycles. The van der Waals surface area contributed by atoms with Gasteiger partial charge in [0, 0.05) is 37.7 Å². The maximum Gasteiger partial charge on any atom is 0.229 e. The van der Waals surface area contributed by atoms with Gasteiger partial charge < -0.3 is 14.4 Å². The number of ether oxygens (including phenoxy) is 2. The molecule has 0 saturated carbocycles. The van der Waals surface area contributed by atoms with Gasteiger partial charge in [-0.25, -0.2) is 4.98 Å². The smallest absolute Gasteiger partial charge is 0.229 e. The number of fused-ring (bicyclic) bond motifs is 1. The molecule has 2 aromatic rings. The van der Waals surface area contributed by atoms with Crippen molar-refractivity contribution >= 4 is 17.2 Å². The molecule has 1 fully saturated rings. The fourth-order valence-electron chi connectivity index (χ4n) is 4.28. The molecule has 1 saturated heterocycles. The average Bonchev–Trinajstić information content (AvgIpc) is 3.13. The molecule has 2 aliphatic heterocycles. The molecule has 0 radical (unpaired) electrons. The van der Waals surface area contributed by atoms with Gasteiger partial charge in [-0.2, -0.15) is 0 Å². The molecule has 6 nitrogen and oxygen atoms in total. The van der Waals surface area contributed by atoms with Crippen molar-refractivity contribution in [1.82, 2.24) is 14.8 Å². The number of methoxy groups -OCH3 is 1. The molecular formula is C22H29N3O3S. The van der Waals surface area contributed by atoms with Crippen LogP contribution in [0.2, 0.25) is 0 Å². The van der Waals surface area contributed by atoms with Gasteiger partial charge in [0.1, 0.15) is 12.4 Å². The number of likely N-dealkylation sites (tertiary alicyclic amines) is 1. The minimum atomic E-state index is 0.108. The van der Waals surface area contributed by atoms with Crippen LogP contribution >= 0.6 is 11.3 Å². The van der Waals surface area contributed by atoms with Gasteiger partial charge in [-0.05, 0) is 43.0 Å². The monoisotopic (exact) mass is 415 g/mol. The number of thiazole rings is 1. The summed E-state index contributed by atoms with van der Waals surface area (Å²) in [5.41, 5.74) is 4.99. The Balaban J connectivity index is 1.42. The number of hydrogen-bond donors (Lipinski definition) is 0. The highest BCUT2D eigenvalue weighted by atomic mass is 32.1. The quantitative estimate of drug-likeness (QED) is 0.726. The number of aromatic nitrogens is 1. The lowest BCUT2D eigenvalue weighted by atomic mass is 9.98. The van der Waals surface area contributed by atoms with Gasteiger partial charge in [0.2, 0.25) is 5.91 Å². The zero-order valence-electron chi connectivity index (χ0n) is 17.0. The highest BCUT2D eigenvalue weighted by Gasteiger charge is 2.23. The number of nitrogens with zero attached hydrogens (tertiary/aromatic N) is 3. The highest BCUT2D eigenvalue weighted by Crippen LogP contribution is 2.26. The summed E-state index contributed by atoms with van der Waals surface area (Å²) in [6.07, 6.45) is 2.83. The fraction of sp³-hybridized carbons (Fsp3) is 0.545. The van der Waals surface area contributed by atoms with Crippen molar-refractivity contribution in [2.24, 2.45) is 5.92 Å². The summed E-state index contributed by atoms with van der Waals surface area (Å²) in [6, 6.07) is 6.44. The Labute approximate surface area is 176 Å². The molecule has 156 valence electrons. The summed E-state index contributed by atoms with van der Waals surface area (Å²) in [7, 11) is 1.78. The van der Waals surface area contributed by atoms with Crippen LogP contribution in [0, 0.1) is 5.92 Å². The Hall–Kier alpha value is -1.96. The van der Waals surface area contributed by atoms with Gasteiger partial charge in [-0.15, -0.1) is 11.3 Å². The lowest BCUT2D eigenvalue weighted by Crippen LogP contribution is -2.36. The number of hydrogen-bond acceptors (Lipinski definition) is 6. The molecule has 1 amide bonds. The predicted octanol–water partition coefficient (Wildman–Crippen LogP) is 2.97. The number of rotatable bonds is 6. The third kappa shape index (κ3) is 5.35. The topological polar surface area (TPSA) is 54.9 Å². The SMILES string of the molecule is COC[C@@H]1CCCN(Cc2ccc3c(c2)CN(C(=O)Cc2cscn2)CCO3)C1. The summed E-state index contributed by atoms with van der Waals surface area (Å²) in [5, 5.41) is 1.94. The molecule has 0 N–H and O–H groups in total. The van der Waals surface area contributed by atoms with Crippen LogP contribution in [0.3, 0.4) is 0 Å². The van der Waals surface area contributed by atoms with Crippen molar-refractivity contribution in [3.8, 4) is 5.75 Å². The molecule has 4 rings (SSSR count). The summed E-state index contributed by atoms with van der Waals surface area (Å²) in [5.74, 6) is 1.63. The van der Waals surface area contributed by atoms with Crippen molar-refractivity contribution in [2.75, 3.05) is 40.0 Å². The van der Waals surface area contributed by atoms with Crippen molar-refractivity contribution in [2.45, 2.75) is 32.4 Å². The van der Waals surface area contributed by atoms with Crippen LogP contribution in [0.1, 0.15) is 29.7 Å². The second-order valence-electron chi connectivity index (χ2n) is 7.96. The predicted molar refractivity (Wildman–Crippen MR) is 113 cm³/mol. The number of benzene rings is 1. The van der Waals surface area contributed by atoms with Gasteiger partial charge >= 0.3 is 0 Å². The number of carbonyl (C=O) groups is 1. The molecule has 7 heteroatoms. The lowest BCUT2D eigenvalue weighted by molar-refractivity contribution is -0.131. The maximum absolute atomic E-state index is 12.7. The molecular weight excluding hydrogens is 386 g/mol. The summed E-state index contributed by atoms with van der Waals surface area (Å²) in [4.78, 5) is 21.4. The minimum Gasteiger partial charge on any atom is -0.491 e. The molecule has 29 heavy (non-hydrogen) atoms. The van der Waals surface area contributed by atoms with Crippen LogP contribution < -0.4 is 4.74 Å². The lowest BCUT2D eigenvalue weighted by Gasteiger charge is -2.32. The second-order valence-corrected chi connectivity index (χ2v) is 8.68. The standard InChI is InChI=1S/C22H29N3O3S/c1-27-14-18-3-2-6-24(12-18)11-17-4-5-21-19(9-17)13-25(7-8-28-21)22(26)10-20-15-29-16-23-20/h4-5,9,15-16,18H,2-3,6-8,10-14H2,1H3/t18-/m1/s1. The molecule has 0 bridgehead atoms. The van der Waals surface area contributed by atoms with E-state index in [1.54, 1.807) is 12.6 Å². The molecule has 1 aromatic carbocycles. The van der Waals surface area contributed by atoms with E-state index in [0.29, 0.717) is 32.0 Å². The van der Waals surface area contributed by atoms with Gasteiger partial charge in [0.15, 0.2) is 0 Å². The Morgan fingerprint density at radius 3 is 3.14 bits per heavy atom. The molecule has 2 aliphatic rings. The first-order chi connectivity index (χ1) is 14.2. The Morgan fingerprint density at radius 1 is 1.38 bits per heavy atom. The van der Waals surface area contributed by atoms with E-state index in [-0.39, 0.29) is 5.91 Å². The van der Waals surface area contributed by atoms with Gasteiger partial charge in [0.05, 0.1) is 30.8 Å². The Bertz CT molecular complexity index is 810. The summed E-state index contributed by atoms with van der Waals surface area (Å²) >= 11 is 1.52. The number of carbonyl (C=O) groups excluding carboxylic acids is 1. The van der Waals surface area contributed by atoms with Crippen LogP contribution in [0.5, 0.6) is 5.75 Å². The highest BCUT2D eigenvalue weighted by molar-refractivity contribution is 7.07. The van der Waals surface area contributed by atoms with Crippen LogP contribution in [0.15, 0.2) is 29.1 Å². The average molecular weight is 416 g/mol. The third-order valence-electron chi connectivity index (χ3n) is 5.69. The largest absolute Gasteiger partial charge is 0.491 e. The molecule has 0 aliphatic carbocycles. The molecule has 0 spiro atoms. The van der Waals surface area contributed by atoms with E-state index in [4.69, 9.17) is 9.47 Å². The van der Waals surface area contributed by atoms with E-state index >= 15 is 0 Å². The minimum absolute atomic E-state index is 0.108. The zero-order chi connectivity index (χ0) is 20.1. The van der Waals surface area contributed by atoms with E-state index < -0.39 is 0 Å². The number of amides is 1. The molecule has 0 unspecified atom stereocenters. The van der Waals surface area contributed by atoms with Gasteiger partial charge in [-0.1, -0.05) is 6.07 Å². The van der Waals surface area contributed by atoms with Crippen LogP contribution in [0.25, 0.3) is 0 Å². The molecule has 1 aromatic heterocycles. The Morgan fingerprint density at radius 2 is 2.31 bits per heavy atom. The van der Waals surface area contributed by atoms with Crippen molar-refractivity contribution < 1.29 is 14.3 Å². The number of piperidine rings is 1. The van der Waals surface area contributed by atoms with E-state index in [0.717, 1.165) is 43.2 Å². The first-order valence-corrected chi connectivity index (χ1v) is 11.3. The van der Waals surface area contributed by atoms with Crippen molar-refractivity contribution in [1.29, 1.82) is 0 Å². The van der Waals surface area contributed by atoms with E-state index in [9.17, 15) is 4.79 Å². The Kier molecular flexibility index (Phi) is 6.79. The fourth-order valence-corrected chi connectivity index (χ4v) is 4.83. The summed E-state index contributed by atoms with van der Waals surface area (Å²) in [6.45, 7) is 5.72. The second kappa shape index (κ2) is 9.69. The van der Waals surface area contributed by atoms with Crippen LogP contribution in [0.4, 0.5) is 0 Å². The van der Waals surface area contributed by atoms with E-state index in [1.807, 2.05) is 10.3 Å². The van der Waals surface area contributed by atoms with Crippen molar-refractivity contribution in [3.05, 3.63) is 45.9 Å². The van der Waals surface area contributed by atoms with Crippen molar-refractivity contribution in [3.63, 3.8) is 0 Å². The van der Waals surface area contributed by atoms with Gasteiger partial charge in [-0.3, -0.25) is 9.69 Å². The summed E-state index contributed by atoms with van der Waals surface area (Å²) < 4.78 is 11.3.